The molecule has 7 nitrogen and oxygen atoms in total. The van der Waals surface area contributed by atoms with E-state index < -0.39 is 5.91 Å². The van der Waals surface area contributed by atoms with Crippen LogP contribution in [0.15, 0.2) is 18.3 Å². The van der Waals surface area contributed by atoms with Crippen molar-refractivity contribution in [1.82, 2.24) is 20.0 Å². The predicted octanol–water partition coefficient (Wildman–Crippen LogP) is 2.22. The molecule has 2 aromatic rings. The monoisotopic (exact) mass is 389 g/mol. The standard InChI is InChI=1S/C19H27N5O2S/c1-3-8-24-12-14(13(2)22-24)11-23-9-4-5-15(23)16-6-7-17(27-16)19(26)21-10-18(20)25/h6-7,12,15H,3-5,8-11H2,1-2H3,(H2,20,25)(H,21,26). The zero-order valence-electron chi connectivity index (χ0n) is 15.9. The van der Waals surface area contributed by atoms with E-state index >= 15 is 0 Å². The van der Waals surface area contributed by atoms with Crippen LogP contribution in [0.2, 0.25) is 0 Å². The maximum absolute atomic E-state index is 12.1. The first-order chi connectivity index (χ1) is 13.0. The predicted molar refractivity (Wildman–Crippen MR) is 105 cm³/mol. The number of carbonyl (C=O) groups is 2. The third-order valence-corrected chi connectivity index (χ3v) is 6.03. The first-order valence-corrected chi connectivity index (χ1v) is 10.2. The lowest BCUT2D eigenvalue weighted by atomic mass is 10.1. The molecule has 0 saturated carbocycles. The normalized spacial score (nSPS) is 17.3. The van der Waals surface area contributed by atoms with E-state index in [4.69, 9.17) is 5.73 Å². The number of hydrogen-bond acceptors (Lipinski definition) is 5. The SMILES string of the molecule is CCCn1cc(CN2CCCC2c2ccc(C(=O)NCC(N)=O)s2)c(C)n1. The maximum atomic E-state index is 12.1. The molecule has 1 unspecified atom stereocenters. The number of amides is 2. The molecule has 2 amide bonds. The summed E-state index contributed by atoms with van der Waals surface area (Å²) in [6.45, 7) is 6.95. The van der Waals surface area contributed by atoms with Gasteiger partial charge in [0.15, 0.2) is 0 Å². The zero-order valence-corrected chi connectivity index (χ0v) is 16.7. The molecule has 1 aliphatic rings. The Morgan fingerprint density at radius 1 is 1.41 bits per heavy atom. The summed E-state index contributed by atoms with van der Waals surface area (Å²) in [6.07, 6.45) is 5.47. The molecule has 3 rings (SSSR count). The van der Waals surface area contributed by atoms with Crippen LogP contribution in [-0.2, 0) is 17.9 Å². The van der Waals surface area contributed by atoms with Crippen molar-refractivity contribution in [2.45, 2.75) is 52.2 Å². The quantitative estimate of drug-likeness (QED) is 0.724. The van der Waals surface area contributed by atoms with Crippen LogP contribution in [0, 0.1) is 6.92 Å². The summed E-state index contributed by atoms with van der Waals surface area (Å²) in [5.74, 6) is -0.785. The van der Waals surface area contributed by atoms with Crippen LogP contribution in [0.3, 0.4) is 0 Å². The van der Waals surface area contributed by atoms with Crippen molar-refractivity contribution >= 4 is 23.2 Å². The zero-order chi connectivity index (χ0) is 19.4. The highest BCUT2D eigenvalue weighted by molar-refractivity contribution is 7.14. The van der Waals surface area contributed by atoms with Gasteiger partial charge in [-0.05, 0) is 44.9 Å². The number of aryl methyl sites for hydroxylation is 2. The molecule has 146 valence electrons. The van der Waals surface area contributed by atoms with Crippen molar-refractivity contribution in [2.75, 3.05) is 13.1 Å². The average Bonchev–Trinajstić information content (AvgIpc) is 3.34. The average molecular weight is 390 g/mol. The van der Waals surface area contributed by atoms with Crippen LogP contribution in [0.5, 0.6) is 0 Å². The summed E-state index contributed by atoms with van der Waals surface area (Å²) in [5.41, 5.74) is 7.44. The van der Waals surface area contributed by atoms with Crippen LogP contribution in [-0.4, -0.2) is 39.6 Å². The second kappa shape index (κ2) is 8.67. The summed E-state index contributed by atoms with van der Waals surface area (Å²) in [5, 5.41) is 7.15. The van der Waals surface area contributed by atoms with Gasteiger partial charge in [0.05, 0.1) is 17.1 Å². The number of rotatable bonds is 8. The molecule has 0 bridgehead atoms. The van der Waals surface area contributed by atoms with E-state index in [-0.39, 0.29) is 12.5 Å². The first kappa shape index (κ1) is 19.6. The Morgan fingerprint density at radius 3 is 2.96 bits per heavy atom. The minimum atomic E-state index is -0.541. The van der Waals surface area contributed by atoms with Gasteiger partial charge in [-0.25, -0.2) is 0 Å². The molecular formula is C19H27N5O2S. The van der Waals surface area contributed by atoms with Gasteiger partial charge in [0.25, 0.3) is 5.91 Å². The van der Waals surface area contributed by atoms with Gasteiger partial charge in [-0.1, -0.05) is 6.92 Å². The topological polar surface area (TPSA) is 93.3 Å². The highest BCUT2D eigenvalue weighted by atomic mass is 32.1. The maximum Gasteiger partial charge on any atom is 0.261 e. The smallest absolute Gasteiger partial charge is 0.261 e. The molecular weight excluding hydrogens is 362 g/mol. The Kier molecular flexibility index (Phi) is 6.28. The highest BCUT2D eigenvalue weighted by Crippen LogP contribution is 2.37. The minimum Gasteiger partial charge on any atom is -0.368 e. The van der Waals surface area contributed by atoms with Crippen LogP contribution < -0.4 is 11.1 Å². The molecule has 3 heterocycles. The number of thiophene rings is 1. The van der Waals surface area contributed by atoms with Crippen molar-refractivity contribution in [3.63, 3.8) is 0 Å². The van der Waals surface area contributed by atoms with E-state index in [2.05, 4.69) is 35.4 Å². The van der Waals surface area contributed by atoms with Gasteiger partial charge in [-0.3, -0.25) is 19.2 Å². The third-order valence-electron chi connectivity index (χ3n) is 4.84. The summed E-state index contributed by atoms with van der Waals surface area (Å²) in [7, 11) is 0. The van der Waals surface area contributed by atoms with E-state index in [0.717, 1.165) is 44.6 Å². The molecule has 1 saturated heterocycles. The van der Waals surface area contributed by atoms with Gasteiger partial charge in [0.1, 0.15) is 0 Å². The molecule has 2 aromatic heterocycles. The van der Waals surface area contributed by atoms with Gasteiger partial charge in [0.2, 0.25) is 5.91 Å². The first-order valence-electron chi connectivity index (χ1n) is 9.41. The fourth-order valence-corrected chi connectivity index (χ4v) is 4.62. The Bertz CT molecular complexity index is 813. The number of primary amides is 1. The van der Waals surface area contributed by atoms with Crippen LogP contribution in [0.1, 0.15) is 58.0 Å². The van der Waals surface area contributed by atoms with Crippen molar-refractivity contribution in [3.05, 3.63) is 39.3 Å². The van der Waals surface area contributed by atoms with Gasteiger partial charge in [-0.15, -0.1) is 11.3 Å². The summed E-state index contributed by atoms with van der Waals surface area (Å²) < 4.78 is 2.03. The Labute approximate surface area is 163 Å². The van der Waals surface area contributed by atoms with Crippen LogP contribution >= 0.6 is 11.3 Å². The second-order valence-corrected chi connectivity index (χ2v) is 8.10. The van der Waals surface area contributed by atoms with Crippen molar-refractivity contribution in [1.29, 1.82) is 0 Å². The lowest BCUT2D eigenvalue weighted by Gasteiger charge is -2.23. The number of nitrogens with zero attached hydrogens (tertiary/aromatic N) is 3. The number of carbonyl (C=O) groups excluding carboxylic acids is 2. The Hall–Kier alpha value is -2.19. The van der Waals surface area contributed by atoms with Gasteiger partial charge >= 0.3 is 0 Å². The number of hydrogen-bond donors (Lipinski definition) is 2. The largest absolute Gasteiger partial charge is 0.368 e. The van der Waals surface area contributed by atoms with E-state index in [1.165, 1.54) is 21.8 Å². The summed E-state index contributed by atoms with van der Waals surface area (Å²) in [6, 6.07) is 4.18. The summed E-state index contributed by atoms with van der Waals surface area (Å²) in [4.78, 5) is 27.2. The molecule has 1 aliphatic heterocycles. The fourth-order valence-electron chi connectivity index (χ4n) is 3.52. The molecule has 0 radical (unpaired) electrons. The minimum absolute atomic E-state index is 0.136. The van der Waals surface area contributed by atoms with E-state index in [0.29, 0.717) is 10.9 Å². The van der Waals surface area contributed by atoms with Crippen molar-refractivity contribution in [3.8, 4) is 0 Å². The van der Waals surface area contributed by atoms with Gasteiger partial charge in [0, 0.05) is 35.8 Å². The number of aromatic nitrogens is 2. The van der Waals surface area contributed by atoms with Crippen LogP contribution in [0.4, 0.5) is 0 Å². The van der Waals surface area contributed by atoms with E-state index in [1.54, 1.807) is 0 Å². The number of nitrogens with one attached hydrogen (secondary N) is 1. The van der Waals surface area contributed by atoms with Crippen LogP contribution in [0.25, 0.3) is 0 Å². The molecule has 1 fully saturated rings. The molecule has 3 N–H and O–H groups in total. The molecule has 0 aliphatic carbocycles. The highest BCUT2D eigenvalue weighted by Gasteiger charge is 2.28. The van der Waals surface area contributed by atoms with Gasteiger partial charge < -0.3 is 11.1 Å². The molecule has 8 heteroatoms. The molecule has 1 atom stereocenters. The Morgan fingerprint density at radius 2 is 2.22 bits per heavy atom. The van der Waals surface area contributed by atoms with Gasteiger partial charge in [-0.2, -0.15) is 5.10 Å². The number of nitrogens with two attached hydrogens (primary N) is 1. The fraction of sp³-hybridized carbons (Fsp3) is 0.526. The lowest BCUT2D eigenvalue weighted by Crippen LogP contribution is -2.32. The number of likely N-dealkylation sites (tertiary alicyclic amines) is 1. The summed E-state index contributed by atoms with van der Waals surface area (Å²) >= 11 is 1.50. The van der Waals surface area contributed by atoms with Crippen molar-refractivity contribution in [2.24, 2.45) is 5.73 Å². The molecule has 0 aromatic carbocycles. The second-order valence-electron chi connectivity index (χ2n) is 6.98. The lowest BCUT2D eigenvalue weighted by molar-refractivity contribution is -0.117. The molecule has 27 heavy (non-hydrogen) atoms. The third kappa shape index (κ3) is 4.75. The van der Waals surface area contributed by atoms with E-state index in [1.807, 2.05) is 16.8 Å². The van der Waals surface area contributed by atoms with E-state index in [9.17, 15) is 9.59 Å². The van der Waals surface area contributed by atoms with Crippen molar-refractivity contribution < 1.29 is 9.59 Å². The Balaban J connectivity index is 1.68. The molecule has 0 spiro atoms.